The van der Waals surface area contributed by atoms with Crippen LogP contribution in [0.2, 0.25) is 0 Å². The lowest BCUT2D eigenvalue weighted by Crippen LogP contribution is -2.39. The highest BCUT2D eigenvalue weighted by Gasteiger charge is 2.32. The molecule has 0 radical (unpaired) electrons. The van der Waals surface area contributed by atoms with Crippen molar-refractivity contribution in [3.05, 3.63) is 23.9 Å². The minimum atomic E-state index is -4.24. The summed E-state index contributed by atoms with van der Waals surface area (Å²) in [4.78, 5) is 5.58. The fourth-order valence-corrected chi connectivity index (χ4v) is 1.76. The number of nitrogens with zero attached hydrogens (tertiary/aromatic N) is 2. The number of halogens is 3. The predicted octanol–water partition coefficient (Wildman–Crippen LogP) is 3.36. The van der Waals surface area contributed by atoms with Gasteiger partial charge in [0.15, 0.2) is 0 Å². The molecule has 0 aromatic carbocycles. The van der Waals surface area contributed by atoms with E-state index in [2.05, 4.69) is 10.3 Å². The Hall–Kier alpha value is -1.30. The van der Waals surface area contributed by atoms with Crippen LogP contribution in [-0.4, -0.2) is 29.8 Å². The van der Waals surface area contributed by atoms with Gasteiger partial charge in [0.2, 0.25) is 0 Å². The standard InChI is InChI=1S/C14H22F3N3/c1-10(2)18-8-12-6-5-7-13(19-12)20(11(3)4)9-14(15,16)17/h5-7,10-11,18H,8-9H2,1-4H3. The molecule has 114 valence electrons. The number of hydrogen-bond donors (Lipinski definition) is 1. The lowest BCUT2D eigenvalue weighted by molar-refractivity contribution is -0.120. The average molecular weight is 289 g/mol. The third kappa shape index (κ3) is 5.77. The highest BCUT2D eigenvalue weighted by atomic mass is 19.4. The van der Waals surface area contributed by atoms with Gasteiger partial charge in [-0.15, -0.1) is 0 Å². The Morgan fingerprint density at radius 3 is 2.35 bits per heavy atom. The fourth-order valence-electron chi connectivity index (χ4n) is 1.76. The molecule has 1 N–H and O–H groups in total. The van der Waals surface area contributed by atoms with Crippen molar-refractivity contribution in [3.63, 3.8) is 0 Å². The van der Waals surface area contributed by atoms with Crippen LogP contribution < -0.4 is 10.2 Å². The first-order chi connectivity index (χ1) is 9.19. The topological polar surface area (TPSA) is 28.2 Å². The van der Waals surface area contributed by atoms with Gasteiger partial charge in [-0.25, -0.2) is 4.98 Å². The molecule has 0 bridgehead atoms. The summed E-state index contributed by atoms with van der Waals surface area (Å²) in [6.07, 6.45) is -4.24. The third-order valence-electron chi connectivity index (χ3n) is 2.75. The van der Waals surface area contributed by atoms with Crippen LogP contribution in [-0.2, 0) is 6.54 Å². The van der Waals surface area contributed by atoms with Crippen molar-refractivity contribution in [1.29, 1.82) is 0 Å². The summed E-state index contributed by atoms with van der Waals surface area (Å²) in [5, 5.41) is 3.20. The van der Waals surface area contributed by atoms with Crippen LogP contribution >= 0.6 is 0 Å². The average Bonchev–Trinajstić information content (AvgIpc) is 2.32. The second-order valence-electron chi connectivity index (χ2n) is 5.36. The molecule has 0 fully saturated rings. The van der Waals surface area contributed by atoms with Gasteiger partial charge < -0.3 is 10.2 Å². The van der Waals surface area contributed by atoms with Gasteiger partial charge in [-0.3, -0.25) is 0 Å². The number of nitrogens with one attached hydrogen (secondary N) is 1. The molecule has 0 saturated heterocycles. The molecule has 20 heavy (non-hydrogen) atoms. The van der Waals surface area contributed by atoms with Crippen LogP contribution in [0, 0.1) is 0 Å². The Bertz CT molecular complexity index is 416. The summed E-state index contributed by atoms with van der Waals surface area (Å²) in [6, 6.07) is 5.20. The molecule has 0 aliphatic heterocycles. The molecule has 0 spiro atoms. The van der Waals surface area contributed by atoms with Gasteiger partial charge in [0.25, 0.3) is 0 Å². The summed E-state index contributed by atoms with van der Waals surface area (Å²) in [6.45, 7) is 7.03. The number of alkyl halides is 3. The van der Waals surface area contributed by atoms with Gasteiger partial charge in [-0.1, -0.05) is 19.9 Å². The molecule has 6 heteroatoms. The lowest BCUT2D eigenvalue weighted by atomic mass is 10.2. The first-order valence-corrected chi connectivity index (χ1v) is 6.71. The van der Waals surface area contributed by atoms with Gasteiger partial charge >= 0.3 is 6.18 Å². The Morgan fingerprint density at radius 1 is 1.20 bits per heavy atom. The molecule has 0 atom stereocenters. The van der Waals surface area contributed by atoms with Crippen molar-refractivity contribution in [2.24, 2.45) is 0 Å². The van der Waals surface area contributed by atoms with Crippen LogP contribution in [0.3, 0.4) is 0 Å². The van der Waals surface area contributed by atoms with E-state index in [9.17, 15) is 13.2 Å². The van der Waals surface area contributed by atoms with E-state index in [0.717, 1.165) is 5.69 Å². The monoisotopic (exact) mass is 289 g/mol. The number of pyridine rings is 1. The summed E-state index contributed by atoms with van der Waals surface area (Å²) < 4.78 is 37.9. The maximum absolute atomic E-state index is 12.6. The lowest BCUT2D eigenvalue weighted by Gasteiger charge is -2.29. The summed E-state index contributed by atoms with van der Waals surface area (Å²) in [5.41, 5.74) is 0.740. The molecule has 1 heterocycles. The van der Waals surface area contributed by atoms with Crippen LogP contribution in [0.15, 0.2) is 18.2 Å². The minimum Gasteiger partial charge on any atom is -0.345 e. The maximum atomic E-state index is 12.6. The van der Waals surface area contributed by atoms with E-state index >= 15 is 0 Å². The molecule has 1 aromatic rings. The summed E-state index contributed by atoms with van der Waals surface area (Å²) in [5.74, 6) is 0.361. The zero-order valence-electron chi connectivity index (χ0n) is 12.3. The number of hydrogen-bond acceptors (Lipinski definition) is 3. The molecule has 0 aliphatic carbocycles. The molecule has 0 aliphatic rings. The molecular formula is C14H22F3N3. The third-order valence-corrected chi connectivity index (χ3v) is 2.75. The second kappa shape index (κ2) is 6.92. The molecule has 0 unspecified atom stereocenters. The Morgan fingerprint density at radius 2 is 1.85 bits per heavy atom. The molecule has 3 nitrogen and oxygen atoms in total. The zero-order chi connectivity index (χ0) is 15.3. The van der Waals surface area contributed by atoms with Crippen molar-refractivity contribution in [2.45, 2.75) is 52.5 Å². The molecular weight excluding hydrogens is 267 g/mol. The van der Waals surface area contributed by atoms with Crippen LogP contribution in [0.5, 0.6) is 0 Å². The van der Waals surface area contributed by atoms with E-state index in [0.29, 0.717) is 18.4 Å². The van der Waals surface area contributed by atoms with Crippen LogP contribution in [0.4, 0.5) is 19.0 Å². The SMILES string of the molecule is CC(C)NCc1cccc(N(CC(F)(F)F)C(C)C)n1. The van der Waals surface area contributed by atoms with Gasteiger partial charge in [0.05, 0.1) is 5.69 Å². The molecule has 0 amide bonds. The normalized spacial score (nSPS) is 12.2. The van der Waals surface area contributed by atoms with E-state index in [1.54, 1.807) is 26.0 Å². The largest absolute Gasteiger partial charge is 0.405 e. The van der Waals surface area contributed by atoms with Crippen LogP contribution in [0.1, 0.15) is 33.4 Å². The van der Waals surface area contributed by atoms with Gasteiger partial charge in [-0.2, -0.15) is 13.2 Å². The van der Waals surface area contributed by atoms with Crippen molar-refractivity contribution >= 4 is 5.82 Å². The highest BCUT2D eigenvalue weighted by Crippen LogP contribution is 2.22. The van der Waals surface area contributed by atoms with E-state index in [4.69, 9.17) is 0 Å². The fraction of sp³-hybridized carbons (Fsp3) is 0.643. The number of anilines is 1. The van der Waals surface area contributed by atoms with E-state index in [1.807, 2.05) is 19.9 Å². The summed E-state index contributed by atoms with van der Waals surface area (Å²) in [7, 11) is 0. The predicted molar refractivity (Wildman–Crippen MR) is 74.7 cm³/mol. The maximum Gasteiger partial charge on any atom is 0.405 e. The molecule has 1 rings (SSSR count). The number of rotatable bonds is 6. The van der Waals surface area contributed by atoms with Gasteiger partial charge in [-0.05, 0) is 26.0 Å². The van der Waals surface area contributed by atoms with Gasteiger partial charge in [0, 0.05) is 18.6 Å². The quantitative estimate of drug-likeness (QED) is 0.870. The van der Waals surface area contributed by atoms with E-state index < -0.39 is 12.7 Å². The first kappa shape index (κ1) is 16.8. The van der Waals surface area contributed by atoms with Crippen molar-refractivity contribution in [3.8, 4) is 0 Å². The Labute approximate surface area is 118 Å². The molecule has 0 saturated carbocycles. The van der Waals surface area contributed by atoms with E-state index in [1.165, 1.54) is 4.90 Å². The smallest absolute Gasteiger partial charge is 0.345 e. The number of aromatic nitrogens is 1. The van der Waals surface area contributed by atoms with Gasteiger partial charge in [0.1, 0.15) is 12.4 Å². The Kier molecular flexibility index (Phi) is 5.80. The first-order valence-electron chi connectivity index (χ1n) is 6.71. The highest BCUT2D eigenvalue weighted by molar-refractivity contribution is 5.40. The summed E-state index contributed by atoms with van der Waals surface area (Å²) >= 11 is 0. The molecule has 1 aromatic heterocycles. The van der Waals surface area contributed by atoms with Crippen molar-refractivity contribution in [1.82, 2.24) is 10.3 Å². The van der Waals surface area contributed by atoms with Crippen molar-refractivity contribution in [2.75, 3.05) is 11.4 Å². The van der Waals surface area contributed by atoms with Crippen molar-refractivity contribution < 1.29 is 13.2 Å². The zero-order valence-corrected chi connectivity index (χ0v) is 12.3. The second-order valence-corrected chi connectivity index (χ2v) is 5.36. The van der Waals surface area contributed by atoms with Crippen LogP contribution in [0.25, 0.3) is 0 Å². The Balaban J connectivity index is 2.88. The van der Waals surface area contributed by atoms with E-state index in [-0.39, 0.29) is 6.04 Å². The minimum absolute atomic E-state index is 0.266.